The number of benzene rings is 2. The molecule has 0 radical (unpaired) electrons. The van der Waals surface area contributed by atoms with Crippen LogP contribution in [-0.2, 0) is 6.42 Å². The zero-order valence-electron chi connectivity index (χ0n) is 10.5. The minimum Gasteiger partial charge on any atom is -0.324 e. The first kappa shape index (κ1) is 14.9. The van der Waals surface area contributed by atoms with E-state index in [1.807, 2.05) is 43.3 Å². The van der Waals surface area contributed by atoms with Crippen molar-refractivity contribution >= 4 is 39.1 Å². The number of hydrogen-bond donors (Lipinski definition) is 1. The molecule has 1 nitrogen and oxygen atoms in total. The molecule has 2 N–H and O–H groups in total. The van der Waals surface area contributed by atoms with Crippen molar-refractivity contribution in [2.45, 2.75) is 19.4 Å². The monoisotopic (exact) mass is 357 g/mol. The molecule has 0 spiro atoms. The van der Waals surface area contributed by atoms with Gasteiger partial charge in [0.1, 0.15) is 0 Å². The minimum absolute atomic E-state index is 0.0883. The van der Waals surface area contributed by atoms with E-state index in [2.05, 4.69) is 15.9 Å². The molecule has 4 heteroatoms. The zero-order valence-corrected chi connectivity index (χ0v) is 13.6. The van der Waals surface area contributed by atoms with Crippen molar-refractivity contribution < 1.29 is 0 Å². The molecule has 1 atom stereocenters. The van der Waals surface area contributed by atoms with Crippen LogP contribution in [0.1, 0.15) is 22.7 Å². The Morgan fingerprint density at radius 3 is 2.47 bits per heavy atom. The molecule has 0 saturated carbocycles. The molecule has 0 amide bonds. The predicted molar refractivity (Wildman–Crippen MR) is 86.0 cm³/mol. The second-order valence-corrected chi connectivity index (χ2v) is 6.29. The molecule has 2 rings (SSSR count). The van der Waals surface area contributed by atoms with Crippen LogP contribution in [0.5, 0.6) is 0 Å². The molecule has 2 aromatic rings. The fourth-order valence-electron chi connectivity index (χ4n) is 1.94. The van der Waals surface area contributed by atoms with Gasteiger partial charge in [0.25, 0.3) is 0 Å². The SMILES string of the molecule is Cc1cc(C(N)Cc2ccc(Br)cc2Cl)ccc1Cl. The molecule has 0 heterocycles. The van der Waals surface area contributed by atoms with Gasteiger partial charge in [-0.2, -0.15) is 0 Å². The highest BCUT2D eigenvalue weighted by molar-refractivity contribution is 9.10. The molecule has 0 aromatic heterocycles. The van der Waals surface area contributed by atoms with Gasteiger partial charge in [-0.1, -0.05) is 57.3 Å². The summed E-state index contributed by atoms with van der Waals surface area (Å²) in [6.07, 6.45) is 0.702. The van der Waals surface area contributed by atoms with Crippen LogP contribution in [0.3, 0.4) is 0 Å². The summed E-state index contributed by atoms with van der Waals surface area (Å²) in [6, 6.07) is 11.6. The molecule has 0 aliphatic rings. The number of halogens is 3. The first-order chi connectivity index (χ1) is 8.97. The van der Waals surface area contributed by atoms with E-state index in [4.69, 9.17) is 28.9 Å². The average Bonchev–Trinajstić information content (AvgIpc) is 2.36. The van der Waals surface area contributed by atoms with E-state index in [1.54, 1.807) is 0 Å². The quantitative estimate of drug-likeness (QED) is 0.790. The summed E-state index contributed by atoms with van der Waals surface area (Å²) < 4.78 is 0.970. The summed E-state index contributed by atoms with van der Waals surface area (Å²) in [4.78, 5) is 0. The molecule has 19 heavy (non-hydrogen) atoms. The van der Waals surface area contributed by atoms with Crippen molar-refractivity contribution in [1.29, 1.82) is 0 Å². The van der Waals surface area contributed by atoms with Gasteiger partial charge in [-0.05, 0) is 48.2 Å². The highest BCUT2D eigenvalue weighted by Crippen LogP contribution is 2.26. The topological polar surface area (TPSA) is 26.0 Å². The van der Waals surface area contributed by atoms with Crippen LogP contribution in [0.2, 0.25) is 10.0 Å². The van der Waals surface area contributed by atoms with Crippen molar-refractivity contribution in [1.82, 2.24) is 0 Å². The molecule has 2 aromatic carbocycles. The molecule has 0 saturated heterocycles. The highest BCUT2D eigenvalue weighted by Gasteiger charge is 2.11. The molecule has 1 unspecified atom stereocenters. The number of aryl methyl sites for hydroxylation is 1. The Hall–Kier alpha value is -0.540. The van der Waals surface area contributed by atoms with E-state index in [9.17, 15) is 0 Å². The first-order valence-corrected chi connectivity index (χ1v) is 7.48. The molecule has 0 bridgehead atoms. The van der Waals surface area contributed by atoms with Crippen molar-refractivity contribution in [2.75, 3.05) is 0 Å². The normalized spacial score (nSPS) is 12.5. The van der Waals surface area contributed by atoms with Crippen molar-refractivity contribution in [3.8, 4) is 0 Å². The maximum Gasteiger partial charge on any atom is 0.0449 e. The predicted octanol–water partition coefficient (Wildman–Crippen LogP) is 5.31. The molecular weight excluding hydrogens is 345 g/mol. The summed E-state index contributed by atoms with van der Waals surface area (Å²) in [6.45, 7) is 1.98. The van der Waals surface area contributed by atoms with Gasteiger partial charge in [-0.3, -0.25) is 0 Å². The summed E-state index contributed by atoms with van der Waals surface area (Å²) in [5, 5.41) is 1.49. The van der Waals surface area contributed by atoms with Gasteiger partial charge in [0.05, 0.1) is 0 Å². The van der Waals surface area contributed by atoms with Gasteiger partial charge >= 0.3 is 0 Å². The highest BCUT2D eigenvalue weighted by atomic mass is 79.9. The van der Waals surface area contributed by atoms with E-state index in [-0.39, 0.29) is 6.04 Å². The van der Waals surface area contributed by atoms with Gasteiger partial charge in [0.2, 0.25) is 0 Å². The van der Waals surface area contributed by atoms with Crippen molar-refractivity contribution in [2.24, 2.45) is 5.73 Å². The van der Waals surface area contributed by atoms with Crippen LogP contribution in [0.15, 0.2) is 40.9 Å². The largest absolute Gasteiger partial charge is 0.324 e. The molecule has 0 fully saturated rings. The number of nitrogens with two attached hydrogens (primary N) is 1. The second kappa shape index (κ2) is 6.27. The molecular formula is C15H14BrCl2N. The summed E-state index contributed by atoms with van der Waals surface area (Å²) >= 11 is 15.6. The Morgan fingerprint density at radius 2 is 1.84 bits per heavy atom. The fraction of sp³-hybridized carbons (Fsp3) is 0.200. The van der Waals surface area contributed by atoms with Gasteiger partial charge in [0.15, 0.2) is 0 Å². The maximum atomic E-state index is 6.24. The van der Waals surface area contributed by atoms with Gasteiger partial charge in [-0.25, -0.2) is 0 Å². The number of rotatable bonds is 3. The third-order valence-corrected chi connectivity index (χ3v) is 4.33. The lowest BCUT2D eigenvalue weighted by Crippen LogP contribution is -2.13. The maximum absolute atomic E-state index is 6.24. The fourth-order valence-corrected chi connectivity index (χ4v) is 2.81. The van der Waals surface area contributed by atoms with Crippen LogP contribution >= 0.6 is 39.1 Å². The summed E-state index contributed by atoms with van der Waals surface area (Å²) in [5.74, 6) is 0. The zero-order chi connectivity index (χ0) is 14.0. The Balaban J connectivity index is 2.20. The van der Waals surface area contributed by atoms with E-state index in [0.29, 0.717) is 6.42 Å². The summed E-state index contributed by atoms with van der Waals surface area (Å²) in [7, 11) is 0. The molecule has 0 aliphatic carbocycles. The van der Waals surface area contributed by atoms with Crippen LogP contribution in [0.25, 0.3) is 0 Å². The van der Waals surface area contributed by atoms with Crippen molar-refractivity contribution in [3.63, 3.8) is 0 Å². The lowest BCUT2D eigenvalue weighted by Gasteiger charge is -2.14. The number of hydrogen-bond acceptors (Lipinski definition) is 1. The van der Waals surface area contributed by atoms with E-state index in [0.717, 1.165) is 31.2 Å². The standard InChI is InChI=1S/C15H14BrCl2N/c1-9-6-11(3-5-13(9)17)15(19)7-10-2-4-12(16)8-14(10)18/h2-6,8,15H,7,19H2,1H3. The lowest BCUT2D eigenvalue weighted by atomic mass is 9.98. The third-order valence-electron chi connectivity index (χ3n) is 3.07. The third kappa shape index (κ3) is 3.73. The molecule has 0 aliphatic heterocycles. The molecule has 100 valence electrons. The minimum atomic E-state index is -0.0883. The van der Waals surface area contributed by atoms with Crippen LogP contribution in [-0.4, -0.2) is 0 Å². The second-order valence-electron chi connectivity index (χ2n) is 4.55. The van der Waals surface area contributed by atoms with Gasteiger partial charge in [0, 0.05) is 20.6 Å². The Kier molecular flexibility index (Phi) is 4.91. The van der Waals surface area contributed by atoms with E-state index >= 15 is 0 Å². The summed E-state index contributed by atoms with van der Waals surface area (Å²) in [5.41, 5.74) is 9.39. The van der Waals surface area contributed by atoms with E-state index < -0.39 is 0 Å². The van der Waals surface area contributed by atoms with Gasteiger partial charge < -0.3 is 5.73 Å². The van der Waals surface area contributed by atoms with Crippen LogP contribution in [0, 0.1) is 6.92 Å². The lowest BCUT2D eigenvalue weighted by molar-refractivity contribution is 0.721. The Labute approximate surface area is 131 Å². The van der Waals surface area contributed by atoms with Crippen LogP contribution in [0.4, 0.5) is 0 Å². The Morgan fingerprint density at radius 1 is 1.11 bits per heavy atom. The van der Waals surface area contributed by atoms with Gasteiger partial charge in [-0.15, -0.1) is 0 Å². The smallest absolute Gasteiger partial charge is 0.0449 e. The van der Waals surface area contributed by atoms with Crippen molar-refractivity contribution in [3.05, 3.63) is 67.6 Å². The first-order valence-electron chi connectivity index (χ1n) is 5.93. The average molecular weight is 359 g/mol. The van der Waals surface area contributed by atoms with Crippen LogP contribution < -0.4 is 5.73 Å². The Bertz CT molecular complexity index is 599. The van der Waals surface area contributed by atoms with E-state index in [1.165, 1.54) is 0 Å².